The summed E-state index contributed by atoms with van der Waals surface area (Å²) in [5.74, 6) is -2.28. The molecule has 0 aromatic heterocycles. The second kappa shape index (κ2) is 6.06. The van der Waals surface area contributed by atoms with E-state index in [4.69, 9.17) is 0 Å². The fourth-order valence-electron chi connectivity index (χ4n) is 1.04. The van der Waals surface area contributed by atoms with Crippen molar-refractivity contribution in [3.05, 3.63) is 45.7 Å². The van der Waals surface area contributed by atoms with E-state index in [1.54, 1.807) is 0 Å². The van der Waals surface area contributed by atoms with Crippen LogP contribution in [0, 0.1) is 11.6 Å². The summed E-state index contributed by atoms with van der Waals surface area (Å²) in [5.41, 5.74) is 0.152. The fourth-order valence-corrected chi connectivity index (χ4v) is 2.16. The zero-order valence-corrected chi connectivity index (χ0v) is 10.4. The van der Waals surface area contributed by atoms with Gasteiger partial charge in [0.05, 0.1) is 0 Å². The molecule has 0 spiro atoms. The summed E-state index contributed by atoms with van der Waals surface area (Å²) >= 11 is 2.87. The van der Waals surface area contributed by atoms with Gasteiger partial charge in [-0.2, -0.15) is 0 Å². The number of ketones is 1. The molecular weight excluding hydrogens is 250 g/mol. The predicted octanol–water partition coefficient (Wildman–Crippen LogP) is 3.71. The first-order chi connectivity index (χ1) is 7.58. The van der Waals surface area contributed by atoms with Gasteiger partial charge in [0, 0.05) is 15.9 Å². The number of carbonyl (C=O) groups is 1. The molecule has 0 aliphatic rings. The number of hydrogen-bond donors (Lipinski definition) is 0. The maximum absolute atomic E-state index is 12.9. The number of halogens is 2. The molecule has 1 aromatic rings. The highest BCUT2D eigenvalue weighted by atomic mass is 32.2. The quantitative estimate of drug-likeness (QED) is 0.607. The van der Waals surface area contributed by atoms with Crippen LogP contribution in [0.5, 0.6) is 0 Å². The molecule has 0 fully saturated rings. The molecule has 0 bridgehead atoms. The summed E-state index contributed by atoms with van der Waals surface area (Å²) in [6, 6.07) is 3.14. The molecule has 1 nitrogen and oxygen atoms in total. The van der Waals surface area contributed by atoms with Gasteiger partial charge in [0.25, 0.3) is 0 Å². The van der Waals surface area contributed by atoms with Crippen molar-refractivity contribution in [1.29, 1.82) is 0 Å². The van der Waals surface area contributed by atoms with E-state index in [1.165, 1.54) is 35.7 Å². The van der Waals surface area contributed by atoms with Gasteiger partial charge in [0.1, 0.15) is 0 Å². The minimum Gasteiger partial charge on any atom is -0.289 e. The van der Waals surface area contributed by atoms with Crippen LogP contribution in [0.2, 0.25) is 0 Å². The minimum atomic E-state index is -1.01. The lowest BCUT2D eigenvalue weighted by molar-refractivity contribution is 0.104. The lowest BCUT2D eigenvalue weighted by Gasteiger charge is -2.00. The molecule has 0 saturated carbocycles. The second-order valence-electron chi connectivity index (χ2n) is 2.86. The number of hydrogen-bond acceptors (Lipinski definition) is 3. The predicted molar refractivity (Wildman–Crippen MR) is 65.8 cm³/mol. The Labute approximate surface area is 101 Å². The molecule has 1 rings (SSSR count). The van der Waals surface area contributed by atoms with Crippen LogP contribution in [0.1, 0.15) is 10.4 Å². The molecule has 16 heavy (non-hydrogen) atoms. The summed E-state index contributed by atoms with van der Waals surface area (Å²) in [4.78, 5) is 11.6. The van der Waals surface area contributed by atoms with Gasteiger partial charge >= 0.3 is 0 Å². The first kappa shape index (κ1) is 13.3. The van der Waals surface area contributed by atoms with Crippen molar-refractivity contribution in [3.8, 4) is 0 Å². The van der Waals surface area contributed by atoms with Crippen LogP contribution in [0.4, 0.5) is 8.78 Å². The standard InChI is InChI=1S/C11H10F2OS2/c1-15-11(16-2)6-10(14)7-3-4-8(12)9(13)5-7/h3-6H,1-2H3. The monoisotopic (exact) mass is 260 g/mol. The van der Waals surface area contributed by atoms with Crippen LogP contribution < -0.4 is 0 Å². The number of carbonyl (C=O) groups excluding carboxylic acids is 1. The van der Waals surface area contributed by atoms with E-state index in [1.807, 2.05) is 12.5 Å². The summed E-state index contributed by atoms with van der Waals surface area (Å²) in [7, 11) is 0. The molecule has 0 unspecified atom stereocenters. The van der Waals surface area contributed by atoms with Gasteiger partial charge < -0.3 is 0 Å². The third kappa shape index (κ3) is 3.35. The Balaban J connectivity index is 2.97. The normalized spacial score (nSPS) is 10.0. The van der Waals surface area contributed by atoms with Crippen LogP contribution in [0.25, 0.3) is 0 Å². The van der Waals surface area contributed by atoms with Gasteiger partial charge in [0.2, 0.25) is 0 Å². The number of thioether (sulfide) groups is 2. The van der Waals surface area contributed by atoms with Crippen LogP contribution in [0.15, 0.2) is 28.5 Å². The summed E-state index contributed by atoms with van der Waals surface area (Å²) in [5, 5.41) is 0. The second-order valence-corrected chi connectivity index (χ2v) is 4.82. The third-order valence-corrected chi connectivity index (χ3v) is 3.90. The van der Waals surface area contributed by atoms with Crippen molar-refractivity contribution in [2.75, 3.05) is 12.5 Å². The maximum atomic E-state index is 12.9. The minimum absolute atomic E-state index is 0.152. The van der Waals surface area contributed by atoms with Crippen molar-refractivity contribution in [3.63, 3.8) is 0 Å². The molecule has 0 heterocycles. The Hall–Kier alpha value is -0.810. The van der Waals surface area contributed by atoms with E-state index in [-0.39, 0.29) is 11.3 Å². The molecule has 1 aromatic carbocycles. The van der Waals surface area contributed by atoms with Gasteiger partial charge in [0.15, 0.2) is 17.4 Å². The van der Waals surface area contributed by atoms with Gasteiger partial charge in [-0.05, 0) is 30.7 Å². The number of rotatable bonds is 4. The van der Waals surface area contributed by atoms with Gasteiger partial charge in [-0.25, -0.2) is 8.78 Å². The van der Waals surface area contributed by atoms with Crippen molar-refractivity contribution in [1.82, 2.24) is 0 Å². The molecule has 0 N–H and O–H groups in total. The van der Waals surface area contributed by atoms with E-state index in [0.29, 0.717) is 0 Å². The molecule has 86 valence electrons. The molecule has 0 saturated heterocycles. The largest absolute Gasteiger partial charge is 0.289 e. The Bertz CT molecular complexity index is 424. The summed E-state index contributed by atoms with van der Waals surface area (Å²) in [6.45, 7) is 0. The molecule has 0 aliphatic carbocycles. The average molecular weight is 260 g/mol. The Morgan fingerprint density at radius 2 is 1.81 bits per heavy atom. The smallest absolute Gasteiger partial charge is 0.187 e. The van der Waals surface area contributed by atoms with Crippen LogP contribution in [0.3, 0.4) is 0 Å². The van der Waals surface area contributed by atoms with Crippen molar-refractivity contribution in [2.45, 2.75) is 0 Å². The van der Waals surface area contributed by atoms with Gasteiger partial charge in [-0.3, -0.25) is 4.79 Å². The SMILES string of the molecule is CSC(=CC(=O)c1ccc(F)c(F)c1)SC. The lowest BCUT2D eigenvalue weighted by Crippen LogP contribution is -1.97. The third-order valence-electron chi connectivity index (χ3n) is 1.86. The van der Waals surface area contributed by atoms with Crippen molar-refractivity contribution < 1.29 is 13.6 Å². The zero-order chi connectivity index (χ0) is 12.1. The van der Waals surface area contributed by atoms with Gasteiger partial charge in [-0.1, -0.05) is 0 Å². The van der Waals surface area contributed by atoms with Crippen molar-refractivity contribution in [2.24, 2.45) is 0 Å². The molecule has 0 radical (unpaired) electrons. The summed E-state index contributed by atoms with van der Waals surface area (Å²) in [6.07, 6.45) is 5.11. The Morgan fingerprint density at radius 3 is 2.31 bits per heavy atom. The molecular formula is C11H10F2OS2. The zero-order valence-electron chi connectivity index (χ0n) is 8.79. The van der Waals surface area contributed by atoms with E-state index in [9.17, 15) is 13.6 Å². The molecule has 5 heteroatoms. The number of benzene rings is 1. The number of allylic oxidation sites excluding steroid dienone is 1. The molecule has 0 aliphatic heterocycles. The maximum Gasteiger partial charge on any atom is 0.187 e. The average Bonchev–Trinajstić information content (AvgIpc) is 2.29. The highest BCUT2D eigenvalue weighted by Gasteiger charge is 2.08. The van der Waals surface area contributed by atoms with Crippen LogP contribution in [-0.4, -0.2) is 18.3 Å². The topological polar surface area (TPSA) is 17.1 Å². The van der Waals surface area contributed by atoms with Crippen LogP contribution in [-0.2, 0) is 0 Å². The van der Waals surface area contributed by atoms with Crippen molar-refractivity contribution >= 4 is 29.3 Å². The van der Waals surface area contributed by atoms with Gasteiger partial charge in [-0.15, -0.1) is 23.5 Å². The molecule has 0 amide bonds. The highest BCUT2D eigenvalue weighted by Crippen LogP contribution is 2.24. The van der Waals surface area contributed by atoms with E-state index >= 15 is 0 Å². The van der Waals surface area contributed by atoms with Crippen LogP contribution >= 0.6 is 23.5 Å². The Morgan fingerprint density at radius 1 is 1.19 bits per heavy atom. The fraction of sp³-hybridized carbons (Fsp3) is 0.182. The summed E-state index contributed by atoms with van der Waals surface area (Å²) < 4.78 is 26.4. The van der Waals surface area contributed by atoms with E-state index in [0.717, 1.165) is 16.4 Å². The first-order valence-corrected chi connectivity index (χ1v) is 6.82. The van der Waals surface area contributed by atoms with E-state index < -0.39 is 11.6 Å². The first-order valence-electron chi connectivity index (χ1n) is 4.37. The Kier molecular flexibility index (Phi) is 5.02. The molecule has 0 atom stereocenters. The highest BCUT2D eigenvalue weighted by molar-refractivity contribution is 8.21. The van der Waals surface area contributed by atoms with E-state index in [2.05, 4.69) is 0 Å². The lowest BCUT2D eigenvalue weighted by atomic mass is 10.1.